The van der Waals surface area contributed by atoms with Crippen LogP contribution in [0, 0.1) is 6.92 Å². The van der Waals surface area contributed by atoms with Gasteiger partial charge in [-0.1, -0.05) is 37.1 Å². The normalized spacial score (nSPS) is 15.5. The van der Waals surface area contributed by atoms with Crippen LogP contribution in [-0.2, 0) is 20.1 Å². The predicted molar refractivity (Wildman–Crippen MR) is 104 cm³/mol. The quantitative estimate of drug-likeness (QED) is 0.864. The Morgan fingerprint density at radius 3 is 2.54 bits per heavy atom. The maximum Gasteiger partial charge on any atom is 0.320 e. The van der Waals surface area contributed by atoms with E-state index in [0.717, 1.165) is 17.8 Å². The lowest BCUT2D eigenvalue weighted by Crippen LogP contribution is -2.29. The van der Waals surface area contributed by atoms with Crippen LogP contribution in [0.4, 0.5) is 10.6 Å². The minimum atomic E-state index is -0.217. The van der Waals surface area contributed by atoms with Gasteiger partial charge in [0.15, 0.2) is 0 Å². The summed E-state index contributed by atoms with van der Waals surface area (Å²) in [6.45, 7) is 5.79. The third-order valence-corrected chi connectivity index (χ3v) is 4.79. The fourth-order valence-electron chi connectivity index (χ4n) is 3.46. The van der Waals surface area contributed by atoms with Gasteiger partial charge in [-0.05, 0) is 44.0 Å². The second kappa shape index (κ2) is 8.85. The molecule has 0 radical (unpaired) electrons. The van der Waals surface area contributed by atoms with Crippen molar-refractivity contribution < 1.29 is 4.79 Å². The monoisotopic (exact) mass is 355 g/mol. The maximum atomic E-state index is 12.1. The van der Waals surface area contributed by atoms with Gasteiger partial charge in [-0.15, -0.1) is 0 Å². The highest BCUT2D eigenvalue weighted by Gasteiger charge is 2.10. The first-order chi connectivity index (χ1) is 12.6. The highest BCUT2D eigenvalue weighted by molar-refractivity contribution is 5.88. The Morgan fingerprint density at radius 1 is 1.12 bits per heavy atom. The fourth-order valence-corrected chi connectivity index (χ4v) is 3.46. The number of amides is 2. The minimum absolute atomic E-state index is 0.217. The first-order valence-corrected chi connectivity index (χ1v) is 9.46. The molecule has 140 valence electrons. The number of carbonyl (C=O) groups excluding carboxylic acids is 1. The SMILES string of the molecule is Cc1cc(NC(=O)NCc2cccc(CN3CCCCCC3)c2)n(C)n1. The van der Waals surface area contributed by atoms with Gasteiger partial charge in [0.05, 0.1) is 5.69 Å². The van der Waals surface area contributed by atoms with E-state index in [1.807, 2.05) is 20.0 Å². The Balaban J connectivity index is 1.51. The van der Waals surface area contributed by atoms with Gasteiger partial charge in [0.25, 0.3) is 0 Å². The molecule has 1 aromatic carbocycles. The van der Waals surface area contributed by atoms with Gasteiger partial charge in [0.2, 0.25) is 0 Å². The summed E-state index contributed by atoms with van der Waals surface area (Å²) < 4.78 is 1.66. The van der Waals surface area contributed by atoms with Crippen LogP contribution in [0.5, 0.6) is 0 Å². The summed E-state index contributed by atoms with van der Waals surface area (Å²) in [5, 5.41) is 9.98. The van der Waals surface area contributed by atoms with E-state index in [9.17, 15) is 4.79 Å². The van der Waals surface area contributed by atoms with Crippen LogP contribution in [0.2, 0.25) is 0 Å². The number of urea groups is 1. The van der Waals surface area contributed by atoms with Crippen molar-refractivity contribution in [3.63, 3.8) is 0 Å². The third kappa shape index (κ3) is 5.33. The lowest BCUT2D eigenvalue weighted by atomic mass is 10.1. The van der Waals surface area contributed by atoms with Crippen LogP contribution < -0.4 is 10.6 Å². The molecular formula is C20H29N5O. The molecule has 1 saturated heterocycles. The molecule has 1 aliphatic heterocycles. The molecule has 0 aliphatic carbocycles. The van der Waals surface area contributed by atoms with Crippen LogP contribution >= 0.6 is 0 Å². The van der Waals surface area contributed by atoms with Gasteiger partial charge in [0.1, 0.15) is 5.82 Å². The van der Waals surface area contributed by atoms with Gasteiger partial charge < -0.3 is 5.32 Å². The van der Waals surface area contributed by atoms with E-state index >= 15 is 0 Å². The maximum absolute atomic E-state index is 12.1. The number of carbonyl (C=O) groups is 1. The Kier molecular flexibility index (Phi) is 6.28. The minimum Gasteiger partial charge on any atom is -0.334 e. The van der Waals surface area contributed by atoms with E-state index in [1.165, 1.54) is 44.3 Å². The average molecular weight is 355 g/mol. The molecule has 0 atom stereocenters. The molecule has 2 amide bonds. The molecule has 0 bridgehead atoms. The van der Waals surface area contributed by atoms with Gasteiger partial charge in [0, 0.05) is 26.2 Å². The highest BCUT2D eigenvalue weighted by Crippen LogP contribution is 2.14. The molecule has 2 heterocycles. The van der Waals surface area contributed by atoms with Crippen molar-refractivity contribution in [2.24, 2.45) is 7.05 Å². The summed E-state index contributed by atoms with van der Waals surface area (Å²) in [7, 11) is 1.81. The fraction of sp³-hybridized carbons (Fsp3) is 0.500. The zero-order valence-electron chi connectivity index (χ0n) is 15.8. The van der Waals surface area contributed by atoms with Crippen LogP contribution in [0.25, 0.3) is 0 Å². The lowest BCUT2D eigenvalue weighted by Gasteiger charge is -2.20. The zero-order valence-corrected chi connectivity index (χ0v) is 15.8. The Hall–Kier alpha value is -2.34. The molecule has 0 unspecified atom stereocenters. The van der Waals surface area contributed by atoms with Crippen LogP contribution in [-0.4, -0.2) is 33.8 Å². The molecule has 0 spiro atoms. The van der Waals surface area contributed by atoms with Crippen LogP contribution in [0.1, 0.15) is 42.5 Å². The number of nitrogens with one attached hydrogen (secondary N) is 2. The highest BCUT2D eigenvalue weighted by atomic mass is 16.2. The standard InChI is InChI=1S/C20H29N5O/c1-16-12-19(24(2)23-16)22-20(26)21-14-17-8-7-9-18(13-17)15-25-10-5-3-4-6-11-25/h7-9,12-13H,3-6,10-11,14-15H2,1-2H3,(H2,21,22,26). The van der Waals surface area contributed by atoms with Gasteiger partial charge in [-0.25, -0.2) is 4.79 Å². The second-order valence-corrected chi connectivity index (χ2v) is 7.11. The molecule has 6 nitrogen and oxygen atoms in total. The molecule has 6 heteroatoms. The topological polar surface area (TPSA) is 62.2 Å². The van der Waals surface area contributed by atoms with Crippen LogP contribution in [0.15, 0.2) is 30.3 Å². The number of likely N-dealkylation sites (tertiary alicyclic amines) is 1. The van der Waals surface area contributed by atoms with Crippen LogP contribution in [0.3, 0.4) is 0 Å². The largest absolute Gasteiger partial charge is 0.334 e. The summed E-state index contributed by atoms with van der Waals surface area (Å²) >= 11 is 0. The Morgan fingerprint density at radius 2 is 1.85 bits per heavy atom. The number of aryl methyl sites for hydroxylation is 2. The summed E-state index contributed by atoms with van der Waals surface area (Å²) in [5.74, 6) is 0.690. The zero-order chi connectivity index (χ0) is 18.4. The number of aromatic nitrogens is 2. The summed E-state index contributed by atoms with van der Waals surface area (Å²) in [6.07, 6.45) is 5.31. The van der Waals surface area contributed by atoms with E-state index < -0.39 is 0 Å². The van der Waals surface area contributed by atoms with Gasteiger partial charge in [-0.3, -0.25) is 14.9 Å². The molecule has 1 fully saturated rings. The van der Waals surface area contributed by atoms with Gasteiger partial charge in [-0.2, -0.15) is 5.10 Å². The smallest absolute Gasteiger partial charge is 0.320 e. The van der Waals surface area contributed by atoms with Gasteiger partial charge >= 0.3 is 6.03 Å². The van der Waals surface area contributed by atoms with E-state index in [2.05, 4.69) is 44.9 Å². The van der Waals surface area contributed by atoms with E-state index in [-0.39, 0.29) is 6.03 Å². The molecule has 2 N–H and O–H groups in total. The number of rotatable bonds is 5. The molecule has 1 aliphatic rings. The van der Waals surface area contributed by atoms with E-state index in [1.54, 1.807) is 4.68 Å². The van der Waals surface area contributed by atoms with Crippen molar-refractivity contribution >= 4 is 11.8 Å². The summed E-state index contributed by atoms with van der Waals surface area (Å²) in [6, 6.07) is 10.1. The second-order valence-electron chi connectivity index (χ2n) is 7.11. The van der Waals surface area contributed by atoms with Crippen molar-refractivity contribution in [3.05, 3.63) is 47.2 Å². The number of hydrogen-bond acceptors (Lipinski definition) is 3. The average Bonchev–Trinajstić information content (AvgIpc) is 2.79. The van der Waals surface area contributed by atoms with Crippen molar-refractivity contribution in [1.82, 2.24) is 20.0 Å². The first kappa shape index (κ1) is 18.5. The summed E-state index contributed by atoms with van der Waals surface area (Å²) in [5.41, 5.74) is 3.31. The molecule has 26 heavy (non-hydrogen) atoms. The van der Waals surface area contributed by atoms with Crippen molar-refractivity contribution in [1.29, 1.82) is 0 Å². The lowest BCUT2D eigenvalue weighted by molar-refractivity contribution is 0.251. The molecule has 3 rings (SSSR count). The van der Waals surface area contributed by atoms with E-state index in [4.69, 9.17) is 0 Å². The number of hydrogen-bond donors (Lipinski definition) is 2. The third-order valence-electron chi connectivity index (χ3n) is 4.79. The predicted octanol–water partition coefficient (Wildman–Crippen LogP) is 3.43. The number of anilines is 1. The van der Waals surface area contributed by atoms with Crippen molar-refractivity contribution in [2.75, 3.05) is 18.4 Å². The number of benzene rings is 1. The first-order valence-electron chi connectivity index (χ1n) is 9.46. The Bertz CT molecular complexity index is 732. The molecule has 0 saturated carbocycles. The molecule has 1 aromatic heterocycles. The molecule has 2 aromatic rings. The van der Waals surface area contributed by atoms with Crippen molar-refractivity contribution in [3.8, 4) is 0 Å². The van der Waals surface area contributed by atoms with Crippen molar-refractivity contribution in [2.45, 2.75) is 45.7 Å². The summed E-state index contributed by atoms with van der Waals surface area (Å²) in [4.78, 5) is 14.7. The molecular weight excluding hydrogens is 326 g/mol. The Labute approximate surface area is 155 Å². The van der Waals surface area contributed by atoms with E-state index in [0.29, 0.717) is 12.4 Å². The number of nitrogens with zero attached hydrogens (tertiary/aromatic N) is 3.